The predicted octanol–water partition coefficient (Wildman–Crippen LogP) is 5.19. The van der Waals surface area contributed by atoms with Crippen LogP contribution in [0.5, 0.6) is 17.2 Å². The Kier molecular flexibility index (Phi) is 3.31. The summed E-state index contributed by atoms with van der Waals surface area (Å²) in [6.07, 6.45) is 3.97. The lowest BCUT2D eigenvalue weighted by atomic mass is 9.96. The molecule has 0 fully saturated rings. The second kappa shape index (κ2) is 5.71. The van der Waals surface area contributed by atoms with Gasteiger partial charge in [-0.2, -0.15) is 0 Å². The number of hydrogen-bond acceptors (Lipinski definition) is 3. The molecule has 0 amide bonds. The number of nitrogens with one attached hydrogen (secondary N) is 2. The Hall–Kier alpha value is -3.60. The van der Waals surface area contributed by atoms with Crippen molar-refractivity contribution in [2.75, 3.05) is 14.2 Å². The maximum absolute atomic E-state index is 9.95. The lowest BCUT2D eigenvalue weighted by molar-refractivity contribution is 0.397. The van der Waals surface area contributed by atoms with Crippen LogP contribution in [0, 0.1) is 0 Å². The summed E-state index contributed by atoms with van der Waals surface area (Å²) in [6, 6.07) is 13.3. The number of H-pyrrole nitrogens is 2. The number of hydrogen-bond donors (Lipinski definition) is 3. The monoisotopic (exact) mass is 358 g/mol. The topological polar surface area (TPSA) is 70.3 Å². The summed E-state index contributed by atoms with van der Waals surface area (Å²) in [4.78, 5) is 6.69. The van der Waals surface area contributed by atoms with Gasteiger partial charge in [-0.25, -0.2) is 0 Å². The number of methoxy groups -OCH3 is 2. The highest BCUT2D eigenvalue weighted by molar-refractivity contribution is 6.23. The lowest BCUT2D eigenvalue weighted by Crippen LogP contribution is -1.93. The van der Waals surface area contributed by atoms with Crippen LogP contribution in [0.2, 0.25) is 0 Å². The van der Waals surface area contributed by atoms with Crippen LogP contribution in [0.4, 0.5) is 0 Å². The first-order valence-electron chi connectivity index (χ1n) is 8.66. The van der Waals surface area contributed by atoms with Gasteiger partial charge in [-0.1, -0.05) is 6.07 Å². The van der Waals surface area contributed by atoms with Crippen molar-refractivity contribution in [3.63, 3.8) is 0 Å². The van der Waals surface area contributed by atoms with Gasteiger partial charge in [0.2, 0.25) is 0 Å². The zero-order chi connectivity index (χ0) is 18.5. The molecule has 2 aromatic heterocycles. The third-order valence-corrected chi connectivity index (χ3v) is 5.10. The maximum Gasteiger partial charge on any atom is 0.130 e. The summed E-state index contributed by atoms with van der Waals surface area (Å²) in [7, 11) is 3.33. The average Bonchev–Trinajstić information content (AvgIpc) is 3.30. The van der Waals surface area contributed by atoms with Crippen LogP contribution in [0.1, 0.15) is 0 Å². The lowest BCUT2D eigenvalue weighted by Gasteiger charge is -2.14. The fourth-order valence-electron chi connectivity index (χ4n) is 3.94. The zero-order valence-corrected chi connectivity index (χ0v) is 15.0. The molecule has 0 atom stereocenters. The van der Waals surface area contributed by atoms with E-state index in [-0.39, 0.29) is 5.75 Å². The largest absolute Gasteiger partial charge is 0.508 e. The standard InChI is InChI=1S/C22H18N2O3/c1-26-19-4-3-5-20(27-2)22(19)13-9-18-21(16-11-23-10-15(13)16)14-8-12(25)6-7-17(14)24-18/h3-11,23-25H,1-2H3. The minimum atomic E-state index is 0.252. The molecule has 5 rings (SSSR count). The van der Waals surface area contributed by atoms with E-state index in [0.29, 0.717) is 0 Å². The van der Waals surface area contributed by atoms with Crippen LogP contribution >= 0.6 is 0 Å². The molecule has 3 aromatic carbocycles. The number of aromatic amines is 2. The maximum atomic E-state index is 9.95. The molecular formula is C22H18N2O3. The number of benzene rings is 3. The van der Waals surface area contributed by atoms with Crippen molar-refractivity contribution in [2.24, 2.45) is 0 Å². The average molecular weight is 358 g/mol. The van der Waals surface area contributed by atoms with Crippen LogP contribution < -0.4 is 9.47 Å². The summed E-state index contributed by atoms with van der Waals surface area (Å²) in [5.74, 6) is 1.76. The molecule has 134 valence electrons. The molecular weight excluding hydrogens is 340 g/mol. The normalized spacial score (nSPS) is 11.5. The number of aromatic nitrogens is 2. The predicted molar refractivity (Wildman–Crippen MR) is 108 cm³/mol. The molecule has 0 bridgehead atoms. The van der Waals surface area contributed by atoms with E-state index in [1.165, 1.54) is 0 Å². The van der Waals surface area contributed by atoms with E-state index in [9.17, 15) is 5.11 Å². The van der Waals surface area contributed by atoms with Crippen LogP contribution in [0.15, 0.2) is 54.9 Å². The number of rotatable bonds is 3. The third-order valence-electron chi connectivity index (χ3n) is 5.10. The first kappa shape index (κ1) is 15.6. The smallest absolute Gasteiger partial charge is 0.130 e. The molecule has 27 heavy (non-hydrogen) atoms. The minimum Gasteiger partial charge on any atom is -0.508 e. The molecule has 0 radical (unpaired) electrons. The van der Waals surface area contributed by atoms with Gasteiger partial charge in [-0.05, 0) is 36.4 Å². The number of phenolic OH excluding ortho intramolecular Hbond substituents is 1. The highest BCUT2D eigenvalue weighted by Crippen LogP contribution is 2.45. The van der Waals surface area contributed by atoms with Gasteiger partial charge in [0.1, 0.15) is 17.2 Å². The first-order chi connectivity index (χ1) is 13.2. The van der Waals surface area contributed by atoms with E-state index < -0.39 is 0 Å². The molecule has 0 saturated heterocycles. The quantitative estimate of drug-likeness (QED) is 0.415. The molecule has 0 unspecified atom stereocenters. The van der Waals surface area contributed by atoms with Gasteiger partial charge in [0, 0.05) is 50.5 Å². The Morgan fingerprint density at radius 1 is 0.815 bits per heavy atom. The van der Waals surface area contributed by atoms with E-state index in [4.69, 9.17) is 9.47 Å². The SMILES string of the molecule is COc1cccc(OC)c1-c1cc2[nH]c3ccc(O)cc3c2c2c[nH]cc12. The van der Waals surface area contributed by atoms with Crippen molar-refractivity contribution >= 4 is 32.6 Å². The molecule has 0 aliphatic rings. The van der Waals surface area contributed by atoms with Crippen LogP contribution in [-0.4, -0.2) is 29.3 Å². The van der Waals surface area contributed by atoms with Crippen LogP contribution in [-0.2, 0) is 0 Å². The minimum absolute atomic E-state index is 0.252. The summed E-state index contributed by atoms with van der Waals surface area (Å²) < 4.78 is 11.2. The molecule has 2 heterocycles. The van der Waals surface area contributed by atoms with Crippen molar-refractivity contribution < 1.29 is 14.6 Å². The molecule has 5 heteroatoms. The number of phenols is 1. The van der Waals surface area contributed by atoms with Crippen molar-refractivity contribution in [3.05, 3.63) is 54.9 Å². The fraction of sp³-hybridized carbons (Fsp3) is 0.0909. The van der Waals surface area contributed by atoms with E-state index in [1.54, 1.807) is 26.4 Å². The molecule has 3 N–H and O–H groups in total. The Morgan fingerprint density at radius 3 is 2.30 bits per heavy atom. The first-order valence-corrected chi connectivity index (χ1v) is 8.66. The highest BCUT2D eigenvalue weighted by Gasteiger charge is 2.19. The second-order valence-electron chi connectivity index (χ2n) is 6.52. The van der Waals surface area contributed by atoms with Gasteiger partial charge < -0.3 is 24.5 Å². The Morgan fingerprint density at radius 2 is 1.56 bits per heavy atom. The summed E-state index contributed by atoms with van der Waals surface area (Å²) >= 11 is 0. The van der Waals surface area contributed by atoms with Crippen LogP contribution in [0.25, 0.3) is 43.7 Å². The van der Waals surface area contributed by atoms with Crippen molar-refractivity contribution in [3.8, 4) is 28.4 Å². The van der Waals surface area contributed by atoms with Crippen LogP contribution in [0.3, 0.4) is 0 Å². The third kappa shape index (κ3) is 2.18. The summed E-state index contributed by atoms with van der Waals surface area (Å²) in [6.45, 7) is 0. The summed E-state index contributed by atoms with van der Waals surface area (Å²) in [5, 5.41) is 14.2. The Balaban J connectivity index is 1.95. The van der Waals surface area contributed by atoms with E-state index in [0.717, 1.165) is 55.2 Å². The van der Waals surface area contributed by atoms with Crippen molar-refractivity contribution in [2.45, 2.75) is 0 Å². The van der Waals surface area contributed by atoms with Gasteiger partial charge >= 0.3 is 0 Å². The molecule has 0 saturated carbocycles. The molecule has 0 spiro atoms. The van der Waals surface area contributed by atoms with E-state index >= 15 is 0 Å². The molecule has 5 nitrogen and oxygen atoms in total. The molecule has 0 aliphatic heterocycles. The summed E-state index contributed by atoms with van der Waals surface area (Å²) in [5.41, 5.74) is 3.90. The number of aromatic hydroxyl groups is 1. The number of fused-ring (bicyclic) bond motifs is 5. The van der Waals surface area contributed by atoms with Crippen molar-refractivity contribution in [1.29, 1.82) is 0 Å². The van der Waals surface area contributed by atoms with E-state index in [2.05, 4.69) is 16.0 Å². The van der Waals surface area contributed by atoms with E-state index in [1.807, 2.05) is 36.7 Å². The van der Waals surface area contributed by atoms with Gasteiger partial charge in [-0.15, -0.1) is 0 Å². The molecule has 0 aliphatic carbocycles. The van der Waals surface area contributed by atoms with Gasteiger partial charge in [0.25, 0.3) is 0 Å². The van der Waals surface area contributed by atoms with Gasteiger partial charge in [0.05, 0.1) is 19.8 Å². The number of ether oxygens (including phenoxy) is 2. The van der Waals surface area contributed by atoms with Gasteiger partial charge in [0.15, 0.2) is 0 Å². The van der Waals surface area contributed by atoms with Crippen molar-refractivity contribution in [1.82, 2.24) is 9.97 Å². The fourth-order valence-corrected chi connectivity index (χ4v) is 3.94. The zero-order valence-electron chi connectivity index (χ0n) is 15.0. The highest BCUT2D eigenvalue weighted by atomic mass is 16.5. The van der Waals surface area contributed by atoms with Gasteiger partial charge in [-0.3, -0.25) is 0 Å². The Bertz CT molecular complexity index is 1290. The second-order valence-corrected chi connectivity index (χ2v) is 6.52. The molecule has 5 aromatic rings. The Labute approximate surface area is 155 Å².